The molecule has 0 radical (unpaired) electrons. The molecule has 0 aliphatic carbocycles. The van der Waals surface area contributed by atoms with Crippen LogP contribution in [-0.4, -0.2) is 47.4 Å². The molecule has 2 unspecified atom stereocenters. The molecule has 0 aromatic rings. The van der Waals surface area contributed by atoms with Gasteiger partial charge in [0.25, 0.3) is 0 Å². The van der Waals surface area contributed by atoms with E-state index in [1.807, 2.05) is 0 Å². The maximum Gasteiger partial charge on any atom is 0.305 e. The Labute approximate surface area is 426 Å². The van der Waals surface area contributed by atoms with E-state index in [4.69, 9.17) is 4.74 Å². The van der Waals surface area contributed by atoms with Gasteiger partial charge in [-0.1, -0.05) is 322 Å². The predicted octanol–water partition coefficient (Wildman–Crippen LogP) is 19.5. The molecular weight excluding hydrogens is 839 g/mol. The first-order valence-corrected chi connectivity index (χ1v) is 31.3. The third kappa shape index (κ3) is 54.2. The van der Waals surface area contributed by atoms with Crippen LogP contribution < -0.4 is 5.32 Å². The molecule has 0 spiro atoms. The SMILES string of the molecule is CCCCCCCCCCCCCCCCCCCCCCCCCC(O)C(CO)NC(=O)CCCCCCCCCCCCCCCCCOC(=O)CCCCCCCCCCCCCCC. The third-order valence-electron chi connectivity index (χ3n) is 14.9. The molecule has 406 valence electrons. The van der Waals surface area contributed by atoms with Gasteiger partial charge in [0.15, 0.2) is 0 Å². The van der Waals surface area contributed by atoms with E-state index >= 15 is 0 Å². The zero-order chi connectivity index (χ0) is 49.3. The molecule has 3 N–H and O–H groups in total. The Bertz CT molecular complexity index is 975. The summed E-state index contributed by atoms with van der Waals surface area (Å²) in [5, 5.41) is 23.4. The first-order valence-electron chi connectivity index (χ1n) is 31.3. The largest absolute Gasteiger partial charge is 0.466 e. The molecule has 0 saturated carbocycles. The number of esters is 1. The lowest BCUT2D eigenvalue weighted by Crippen LogP contribution is -2.45. The lowest BCUT2D eigenvalue weighted by molar-refractivity contribution is -0.143. The number of carbonyl (C=O) groups is 2. The van der Waals surface area contributed by atoms with Crippen LogP contribution in [0.25, 0.3) is 0 Å². The number of ether oxygens (including phenoxy) is 1. The second kappa shape index (κ2) is 58.4. The molecule has 0 aliphatic heterocycles. The van der Waals surface area contributed by atoms with Crippen molar-refractivity contribution in [3.05, 3.63) is 0 Å². The van der Waals surface area contributed by atoms with E-state index in [-0.39, 0.29) is 18.5 Å². The van der Waals surface area contributed by atoms with Crippen LogP contribution in [-0.2, 0) is 14.3 Å². The summed E-state index contributed by atoms with van der Waals surface area (Å²) in [4.78, 5) is 24.6. The lowest BCUT2D eigenvalue weighted by Gasteiger charge is -2.22. The number of hydrogen-bond acceptors (Lipinski definition) is 5. The van der Waals surface area contributed by atoms with E-state index in [0.29, 0.717) is 25.9 Å². The van der Waals surface area contributed by atoms with Crippen molar-refractivity contribution in [1.82, 2.24) is 5.32 Å². The second-order valence-electron chi connectivity index (χ2n) is 21.8. The van der Waals surface area contributed by atoms with Gasteiger partial charge < -0.3 is 20.3 Å². The summed E-state index contributed by atoms with van der Waals surface area (Å²) in [6.45, 7) is 4.97. The van der Waals surface area contributed by atoms with Gasteiger partial charge in [0, 0.05) is 12.8 Å². The highest BCUT2D eigenvalue weighted by Gasteiger charge is 2.20. The summed E-state index contributed by atoms with van der Waals surface area (Å²) in [6, 6.07) is -0.548. The summed E-state index contributed by atoms with van der Waals surface area (Å²) in [5.41, 5.74) is 0. The van der Waals surface area contributed by atoms with Gasteiger partial charge in [0.1, 0.15) is 0 Å². The van der Waals surface area contributed by atoms with Crippen LogP contribution in [0.3, 0.4) is 0 Å². The Hall–Kier alpha value is -1.14. The molecule has 1 amide bonds. The Kier molecular flexibility index (Phi) is 57.5. The monoisotopic (exact) mass is 962 g/mol. The van der Waals surface area contributed by atoms with Crippen LogP contribution in [0.15, 0.2) is 0 Å². The fourth-order valence-corrected chi connectivity index (χ4v) is 10.1. The smallest absolute Gasteiger partial charge is 0.305 e. The molecule has 0 rings (SSSR count). The van der Waals surface area contributed by atoms with Gasteiger partial charge in [-0.15, -0.1) is 0 Å². The third-order valence-corrected chi connectivity index (χ3v) is 14.9. The summed E-state index contributed by atoms with van der Waals surface area (Å²) >= 11 is 0. The summed E-state index contributed by atoms with van der Waals surface area (Å²) in [5.74, 6) is -0.0346. The number of aliphatic hydroxyl groups excluding tert-OH is 2. The highest BCUT2D eigenvalue weighted by molar-refractivity contribution is 5.76. The zero-order valence-electron chi connectivity index (χ0n) is 46.4. The first kappa shape index (κ1) is 66.9. The van der Waals surface area contributed by atoms with E-state index in [1.54, 1.807) is 0 Å². The molecule has 68 heavy (non-hydrogen) atoms. The first-order chi connectivity index (χ1) is 33.5. The fraction of sp³-hybridized carbons (Fsp3) is 0.968. The van der Waals surface area contributed by atoms with Crippen molar-refractivity contribution in [2.75, 3.05) is 13.2 Å². The Morgan fingerprint density at radius 2 is 0.603 bits per heavy atom. The lowest BCUT2D eigenvalue weighted by atomic mass is 10.0. The van der Waals surface area contributed by atoms with Crippen LogP contribution >= 0.6 is 0 Å². The standard InChI is InChI=1S/C62H123NO5/c1-3-5-7-9-11-13-15-17-18-19-20-21-22-23-24-25-27-31-34-38-42-46-50-54-60(65)59(58-64)63-61(66)55-51-47-43-39-35-32-28-26-29-33-37-41-45-49-53-57-68-62(67)56-52-48-44-40-36-30-16-14-12-10-8-6-4-2/h59-60,64-65H,3-58H2,1-2H3,(H,63,66). The fourth-order valence-electron chi connectivity index (χ4n) is 10.1. The van der Waals surface area contributed by atoms with E-state index < -0.39 is 12.1 Å². The predicted molar refractivity (Wildman–Crippen MR) is 297 cm³/mol. The summed E-state index contributed by atoms with van der Waals surface area (Å²) in [7, 11) is 0. The molecule has 0 aliphatic rings. The molecule has 2 atom stereocenters. The maximum absolute atomic E-state index is 12.5. The van der Waals surface area contributed by atoms with Crippen molar-refractivity contribution in [3.63, 3.8) is 0 Å². The molecule has 0 aromatic carbocycles. The van der Waals surface area contributed by atoms with Crippen molar-refractivity contribution in [1.29, 1.82) is 0 Å². The van der Waals surface area contributed by atoms with Crippen LogP contribution in [0.4, 0.5) is 0 Å². The highest BCUT2D eigenvalue weighted by atomic mass is 16.5. The number of amides is 1. The average molecular weight is 963 g/mol. The highest BCUT2D eigenvalue weighted by Crippen LogP contribution is 2.19. The topological polar surface area (TPSA) is 95.9 Å². The Balaban J connectivity index is 3.41. The number of nitrogens with one attached hydrogen (secondary N) is 1. The molecule has 0 bridgehead atoms. The minimum atomic E-state index is -0.670. The molecule has 0 heterocycles. The maximum atomic E-state index is 12.5. The second-order valence-corrected chi connectivity index (χ2v) is 21.8. The minimum Gasteiger partial charge on any atom is -0.466 e. The Morgan fingerprint density at radius 3 is 0.897 bits per heavy atom. The number of carbonyl (C=O) groups excluding carboxylic acids is 2. The number of hydrogen-bond donors (Lipinski definition) is 3. The van der Waals surface area contributed by atoms with Crippen LogP contribution in [0.5, 0.6) is 0 Å². The van der Waals surface area contributed by atoms with E-state index in [1.165, 1.54) is 283 Å². The van der Waals surface area contributed by atoms with Crippen molar-refractivity contribution >= 4 is 11.9 Å². The van der Waals surface area contributed by atoms with Gasteiger partial charge in [0.05, 0.1) is 25.4 Å². The molecule has 0 saturated heterocycles. The van der Waals surface area contributed by atoms with Crippen LogP contribution in [0, 0.1) is 0 Å². The molecule has 0 fully saturated rings. The van der Waals surface area contributed by atoms with Crippen LogP contribution in [0.1, 0.15) is 361 Å². The Morgan fingerprint density at radius 1 is 0.353 bits per heavy atom. The van der Waals surface area contributed by atoms with Gasteiger partial charge >= 0.3 is 5.97 Å². The van der Waals surface area contributed by atoms with Crippen molar-refractivity contribution < 1.29 is 24.5 Å². The van der Waals surface area contributed by atoms with Crippen LogP contribution in [0.2, 0.25) is 0 Å². The molecule has 0 aromatic heterocycles. The van der Waals surface area contributed by atoms with Gasteiger partial charge in [-0.25, -0.2) is 0 Å². The number of unbranched alkanes of at least 4 members (excludes halogenated alkanes) is 48. The van der Waals surface area contributed by atoms with Crippen molar-refractivity contribution in [2.24, 2.45) is 0 Å². The van der Waals surface area contributed by atoms with Gasteiger partial charge in [0.2, 0.25) is 5.91 Å². The normalized spacial score (nSPS) is 12.5. The average Bonchev–Trinajstić information content (AvgIpc) is 3.34. The van der Waals surface area contributed by atoms with Crippen molar-refractivity contribution in [2.45, 2.75) is 373 Å². The van der Waals surface area contributed by atoms with E-state index in [0.717, 1.165) is 44.9 Å². The zero-order valence-corrected chi connectivity index (χ0v) is 46.4. The molecule has 6 heteroatoms. The molecule has 6 nitrogen and oxygen atoms in total. The van der Waals surface area contributed by atoms with E-state index in [9.17, 15) is 19.8 Å². The summed E-state index contributed by atoms with van der Waals surface area (Å²) < 4.78 is 5.47. The van der Waals surface area contributed by atoms with E-state index in [2.05, 4.69) is 19.2 Å². The van der Waals surface area contributed by atoms with Gasteiger partial charge in [-0.3, -0.25) is 9.59 Å². The number of rotatable bonds is 59. The van der Waals surface area contributed by atoms with Crippen molar-refractivity contribution in [3.8, 4) is 0 Å². The van der Waals surface area contributed by atoms with Gasteiger partial charge in [-0.2, -0.15) is 0 Å². The minimum absolute atomic E-state index is 0.00376. The molecular formula is C62H123NO5. The number of aliphatic hydroxyl groups is 2. The summed E-state index contributed by atoms with van der Waals surface area (Å²) in [6.07, 6.45) is 68.2. The quantitative estimate of drug-likeness (QED) is 0.0417. The van der Waals surface area contributed by atoms with Gasteiger partial charge in [-0.05, 0) is 25.7 Å².